The van der Waals surface area contributed by atoms with Crippen LogP contribution in [0.2, 0.25) is 0 Å². The van der Waals surface area contributed by atoms with E-state index in [2.05, 4.69) is 9.71 Å². The zero-order valence-corrected chi connectivity index (χ0v) is 11.2. The summed E-state index contributed by atoms with van der Waals surface area (Å²) in [7, 11) is -4.23. The van der Waals surface area contributed by atoms with Crippen LogP contribution < -0.4 is 10.5 Å². The summed E-state index contributed by atoms with van der Waals surface area (Å²) < 4.78 is 52.8. The minimum absolute atomic E-state index is 0.0345. The molecule has 1 aromatic heterocycles. The molecular weight excluding hydrogens is 288 g/mol. The van der Waals surface area contributed by atoms with Crippen molar-refractivity contribution in [2.75, 3.05) is 10.5 Å². The molecule has 0 fully saturated rings. The molecule has 0 bridgehead atoms. The van der Waals surface area contributed by atoms with Gasteiger partial charge in [-0.1, -0.05) is 0 Å². The molecule has 0 spiro atoms. The summed E-state index contributed by atoms with van der Waals surface area (Å²) in [5.41, 5.74) is 5.57. The van der Waals surface area contributed by atoms with Crippen molar-refractivity contribution < 1.29 is 17.2 Å². The van der Waals surface area contributed by atoms with E-state index in [-0.39, 0.29) is 5.82 Å². The van der Waals surface area contributed by atoms with Gasteiger partial charge in [-0.25, -0.2) is 22.2 Å². The molecule has 0 aliphatic carbocycles. The molecule has 3 N–H and O–H groups in total. The Hall–Kier alpha value is -2.22. The smallest absolute Gasteiger partial charge is 0.266 e. The maximum absolute atomic E-state index is 13.6. The molecule has 1 heterocycles. The standard InChI is InChI=1S/C12H11F2N3O2S/c1-7-2-3-16-12(4-7)17-20(18,19)11-6-10(15)8(13)5-9(11)14/h2-6H,15H2,1H3,(H,16,17). The molecule has 2 aromatic rings. The molecule has 0 saturated heterocycles. The van der Waals surface area contributed by atoms with Crippen molar-refractivity contribution in [3.63, 3.8) is 0 Å². The second kappa shape index (κ2) is 5.04. The third-order valence-corrected chi connectivity index (χ3v) is 3.86. The van der Waals surface area contributed by atoms with Crippen LogP contribution in [0.5, 0.6) is 0 Å². The van der Waals surface area contributed by atoms with Gasteiger partial charge in [0.15, 0.2) is 0 Å². The predicted molar refractivity (Wildman–Crippen MR) is 70.6 cm³/mol. The fourth-order valence-electron chi connectivity index (χ4n) is 1.54. The third-order valence-electron chi connectivity index (χ3n) is 2.50. The number of aryl methyl sites for hydroxylation is 1. The van der Waals surface area contributed by atoms with Gasteiger partial charge in [0.05, 0.1) is 5.69 Å². The summed E-state index contributed by atoms with van der Waals surface area (Å²) in [4.78, 5) is 3.07. The van der Waals surface area contributed by atoms with Gasteiger partial charge in [-0.15, -0.1) is 0 Å². The molecule has 1 aromatic carbocycles. The number of nitrogens with one attached hydrogen (secondary N) is 1. The molecule has 5 nitrogen and oxygen atoms in total. The highest BCUT2D eigenvalue weighted by molar-refractivity contribution is 7.92. The summed E-state index contributed by atoms with van der Waals surface area (Å²) in [6.07, 6.45) is 1.41. The van der Waals surface area contributed by atoms with Gasteiger partial charge in [0.25, 0.3) is 10.0 Å². The molecule has 8 heteroatoms. The summed E-state index contributed by atoms with van der Waals surface area (Å²) >= 11 is 0. The van der Waals surface area contributed by atoms with Crippen LogP contribution in [-0.4, -0.2) is 13.4 Å². The van der Waals surface area contributed by atoms with Crippen LogP contribution in [0.25, 0.3) is 0 Å². The predicted octanol–water partition coefficient (Wildman–Crippen LogP) is 2.05. The number of hydrogen-bond acceptors (Lipinski definition) is 4. The zero-order chi connectivity index (χ0) is 14.9. The first kappa shape index (κ1) is 14.2. The van der Waals surface area contributed by atoms with E-state index < -0.39 is 32.2 Å². The van der Waals surface area contributed by atoms with Crippen LogP contribution in [0.15, 0.2) is 35.4 Å². The van der Waals surface area contributed by atoms with Gasteiger partial charge in [-0.05, 0) is 30.7 Å². The number of nitrogen functional groups attached to an aromatic ring is 1. The van der Waals surface area contributed by atoms with E-state index in [4.69, 9.17) is 5.73 Å². The summed E-state index contributed by atoms with van der Waals surface area (Å²) in [5.74, 6) is -2.21. The second-order valence-corrected chi connectivity index (χ2v) is 5.78. The largest absolute Gasteiger partial charge is 0.396 e. The molecule has 0 unspecified atom stereocenters. The Morgan fingerprint density at radius 3 is 2.55 bits per heavy atom. The maximum Gasteiger partial charge on any atom is 0.266 e. The number of pyridine rings is 1. The molecule has 0 saturated carbocycles. The average Bonchev–Trinajstić information content (AvgIpc) is 2.33. The van der Waals surface area contributed by atoms with Gasteiger partial charge in [-0.2, -0.15) is 0 Å². The lowest BCUT2D eigenvalue weighted by Gasteiger charge is -2.09. The number of anilines is 2. The van der Waals surface area contributed by atoms with Gasteiger partial charge >= 0.3 is 0 Å². The Bertz CT molecular complexity index is 763. The quantitative estimate of drug-likeness (QED) is 0.849. The van der Waals surface area contributed by atoms with Crippen molar-refractivity contribution in [3.05, 3.63) is 47.7 Å². The number of benzene rings is 1. The molecule has 20 heavy (non-hydrogen) atoms. The van der Waals surface area contributed by atoms with Crippen molar-refractivity contribution >= 4 is 21.5 Å². The van der Waals surface area contributed by atoms with Gasteiger partial charge in [-0.3, -0.25) is 4.72 Å². The fraction of sp³-hybridized carbons (Fsp3) is 0.0833. The number of nitrogens with two attached hydrogens (primary N) is 1. The van der Waals surface area contributed by atoms with Crippen LogP contribution in [0.1, 0.15) is 5.56 Å². The topological polar surface area (TPSA) is 85.1 Å². The van der Waals surface area contributed by atoms with Crippen molar-refractivity contribution in [2.24, 2.45) is 0 Å². The lowest BCUT2D eigenvalue weighted by Crippen LogP contribution is -2.16. The Morgan fingerprint density at radius 2 is 1.90 bits per heavy atom. The zero-order valence-electron chi connectivity index (χ0n) is 10.4. The minimum atomic E-state index is -4.23. The van der Waals surface area contributed by atoms with E-state index >= 15 is 0 Å². The maximum atomic E-state index is 13.6. The van der Waals surface area contributed by atoms with Gasteiger partial charge in [0.1, 0.15) is 22.3 Å². The molecule has 2 rings (SSSR count). The number of nitrogens with zero attached hydrogens (tertiary/aromatic N) is 1. The molecule has 0 atom stereocenters. The molecule has 0 aliphatic heterocycles. The average molecular weight is 299 g/mol. The van der Waals surface area contributed by atoms with Crippen LogP contribution in [-0.2, 0) is 10.0 Å². The number of hydrogen-bond donors (Lipinski definition) is 2. The molecule has 106 valence electrons. The lowest BCUT2D eigenvalue weighted by atomic mass is 10.3. The van der Waals surface area contributed by atoms with Crippen LogP contribution in [0.4, 0.5) is 20.3 Å². The second-order valence-electron chi connectivity index (χ2n) is 4.13. The Morgan fingerprint density at radius 1 is 1.20 bits per heavy atom. The van der Waals surface area contributed by atoms with Crippen LogP contribution in [0.3, 0.4) is 0 Å². The summed E-state index contributed by atoms with van der Waals surface area (Å²) in [6.45, 7) is 1.75. The first-order valence-electron chi connectivity index (χ1n) is 5.49. The highest BCUT2D eigenvalue weighted by atomic mass is 32.2. The Labute approximate surface area is 114 Å². The van der Waals surface area contributed by atoms with E-state index in [0.717, 1.165) is 11.6 Å². The van der Waals surface area contributed by atoms with Crippen molar-refractivity contribution in [1.29, 1.82) is 0 Å². The van der Waals surface area contributed by atoms with E-state index in [1.165, 1.54) is 12.3 Å². The monoisotopic (exact) mass is 299 g/mol. The van der Waals surface area contributed by atoms with E-state index in [0.29, 0.717) is 6.07 Å². The molecular formula is C12H11F2N3O2S. The lowest BCUT2D eigenvalue weighted by molar-refractivity contribution is 0.553. The highest BCUT2D eigenvalue weighted by Crippen LogP contribution is 2.22. The van der Waals surface area contributed by atoms with Gasteiger partial charge in [0, 0.05) is 12.3 Å². The summed E-state index contributed by atoms with van der Waals surface area (Å²) in [5, 5.41) is 0. The Kier molecular flexibility index (Phi) is 3.58. The van der Waals surface area contributed by atoms with Crippen molar-refractivity contribution in [2.45, 2.75) is 11.8 Å². The number of sulfonamides is 1. The van der Waals surface area contributed by atoms with Crippen molar-refractivity contribution in [3.8, 4) is 0 Å². The van der Waals surface area contributed by atoms with E-state index in [9.17, 15) is 17.2 Å². The molecule has 0 radical (unpaired) electrons. The summed E-state index contributed by atoms with van der Waals surface area (Å²) in [6, 6.07) is 4.30. The fourth-order valence-corrected chi connectivity index (χ4v) is 2.63. The number of aromatic nitrogens is 1. The Balaban J connectivity index is 2.43. The normalized spacial score (nSPS) is 11.3. The first-order chi connectivity index (χ1) is 9.29. The third kappa shape index (κ3) is 2.85. The van der Waals surface area contributed by atoms with Gasteiger partial charge < -0.3 is 5.73 Å². The van der Waals surface area contributed by atoms with Crippen molar-refractivity contribution in [1.82, 2.24) is 4.98 Å². The number of rotatable bonds is 3. The van der Waals surface area contributed by atoms with E-state index in [1.54, 1.807) is 13.0 Å². The van der Waals surface area contributed by atoms with Crippen LogP contribution >= 0.6 is 0 Å². The van der Waals surface area contributed by atoms with E-state index in [1.807, 2.05) is 0 Å². The minimum Gasteiger partial charge on any atom is -0.396 e. The highest BCUT2D eigenvalue weighted by Gasteiger charge is 2.21. The molecule has 0 amide bonds. The first-order valence-corrected chi connectivity index (χ1v) is 6.98. The SMILES string of the molecule is Cc1ccnc(NS(=O)(=O)c2cc(N)c(F)cc2F)c1. The molecule has 0 aliphatic rings. The number of halogens is 2. The van der Waals surface area contributed by atoms with Crippen LogP contribution in [0, 0.1) is 18.6 Å². The van der Waals surface area contributed by atoms with Gasteiger partial charge in [0.2, 0.25) is 0 Å².